The van der Waals surface area contributed by atoms with Crippen LogP contribution in [0.25, 0.3) is 0 Å². The van der Waals surface area contributed by atoms with Crippen molar-refractivity contribution in [3.63, 3.8) is 0 Å². The highest BCUT2D eigenvalue weighted by molar-refractivity contribution is 6.00. The molecular formula is C15H12FN3O3. The number of benzene rings is 2. The summed E-state index contributed by atoms with van der Waals surface area (Å²) in [5.74, 6) is -0.900. The van der Waals surface area contributed by atoms with E-state index < -0.39 is 16.6 Å². The molecule has 0 radical (unpaired) electrons. The number of nitro benzene ring substituents is 1. The van der Waals surface area contributed by atoms with Gasteiger partial charge < -0.3 is 0 Å². The molecule has 0 saturated heterocycles. The minimum atomic E-state index is -0.493. The Bertz CT molecular complexity index is 725. The maximum atomic E-state index is 12.8. The van der Waals surface area contributed by atoms with Gasteiger partial charge in [-0.2, -0.15) is 5.10 Å². The maximum Gasteiger partial charge on any atom is 0.271 e. The van der Waals surface area contributed by atoms with Crippen molar-refractivity contribution >= 4 is 17.3 Å². The molecule has 0 aliphatic carbocycles. The first-order valence-corrected chi connectivity index (χ1v) is 6.32. The van der Waals surface area contributed by atoms with Crippen molar-refractivity contribution in [2.75, 3.05) is 0 Å². The number of nitro groups is 1. The van der Waals surface area contributed by atoms with Crippen molar-refractivity contribution in [1.82, 2.24) is 5.43 Å². The van der Waals surface area contributed by atoms with E-state index in [9.17, 15) is 19.3 Å². The fourth-order valence-corrected chi connectivity index (χ4v) is 1.69. The summed E-state index contributed by atoms with van der Waals surface area (Å²) in [6.07, 6.45) is 0. The first kappa shape index (κ1) is 15.3. The van der Waals surface area contributed by atoms with Gasteiger partial charge in [0.2, 0.25) is 0 Å². The molecule has 0 atom stereocenters. The zero-order valence-corrected chi connectivity index (χ0v) is 11.6. The van der Waals surface area contributed by atoms with Crippen LogP contribution in [0.1, 0.15) is 22.8 Å². The molecule has 6 nitrogen and oxygen atoms in total. The lowest BCUT2D eigenvalue weighted by Crippen LogP contribution is -2.19. The van der Waals surface area contributed by atoms with Crippen molar-refractivity contribution in [2.45, 2.75) is 6.92 Å². The van der Waals surface area contributed by atoms with E-state index in [2.05, 4.69) is 10.5 Å². The highest BCUT2D eigenvalue weighted by atomic mass is 19.1. The van der Waals surface area contributed by atoms with Gasteiger partial charge in [0.25, 0.3) is 11.6 Å². The first-order chi connectivity index (χ1) is 10.5. The van der Waals surface area contributed by atoms with Crippen molar-refractivity contribution in [3.05, 3.63) is 75.6 Å². The minimum Gasteiger partial charge on any atom is -0.267 e. The van der Waals surface area contributed by atoms with Gasteiger partial charge in [-0.3, -0.25) is 14.9 Å². The summed E-state index contributed by atoms with van der Waals surface area (Å²) >= 11 is 0. The molecule has 0 aliphatic rings. The van der Waals surface area contributed by atoms with E-state index in [1.54, 1.807) is 19.1 Å². The van der Waals surface area contributed by atoms with Crippen LogP contribution in [0.2, 0.25) is 0 Å². The Hall–Kier alpha value is -3.09. The molecule has 0 aromatic heterocycles. The van der Waals surface area contributed by atoms with Gasteiger partial charge in [0.1, 0.15) is 5.82 Å². The Kier molecular flexibility index (Phi) is 4.57. The molecule has 1 amide bonds. The molecule has 1 N–H and O–H groups in total. The van der Waals surface area contributed by atoms with E-state index in [0.717, 1.165) is 0 Å². The zero-order chi connectivity index (χ0) is 16.1. The molecule has 0 fully saturated rings. The van der Waals surface area contributed by atoms with Crippen molar-refractivity contribution < 1.29 is 14.1 Å². The summed E-state index contributed by atoms with van der Waals surface area (Å²) in [7, 11) is 0. The Balaban J connectivity index is 2.07. The van der Waals surface area contributed by atoms with Crippen LogP contribution < -0.4 is 5.43 Å². The van der Waals surface area contributed by atoms with Crippen molar-refractivity contribution in [3.8, 4) is 0 Å². The third-order valence-corrected chi connectivity index (χ3v) is 2.93. The number of non-ortho nitro benzene ring substituents is 1. The van der Waals surface area contributed by atoms with Crippen molar-refractivity contribution in [2.24, 2.45) is 5.10 Å². The standard InChI is InChI=1S/C15H12FN3O3/c1-10(11-4-8-14(9-5-11)19(21)22)17-18-15(20)12-2-6-13(16)7-3-12/h2-9H,1H3,(H,18,20). The van der Waals surface area contributed by atoms with Gasteiger partial charge in [-0.1, -0.05) is 0 Å². The second-order valence-corrected chi connectivity index (χ2v) is 4.45. The number of halogens is 1. The van der Waals surface area contributed by atoms with E-state index in [1.165, 1.54) is 36.4 Å². The second kappa shape index (κ2) is 6.57. The van der Waals surface area contributed by atoms with E-state index in [-0.39, 0.29) is 11.3 Å². The lowest BCUT2D eigenvalue weighted by molar-refractivity contribution is -0.384. The molecule has 2 aromatic rings. The Morgan fingerprint density at radius 2 is 1.64 bits per heavy atom. The number of carbonyl (C=O) groups excluding carboxylic acids is 1. The van der Waals surface area contributed by atoms with Gasteiger partial charge in [0, 0.05) is 17.7 Å². The first-order valence-electron chi connectivity index (χ1n) is 6.32. The number of rotatable bonds is 4. The Morgan fingerprint density at radius 3 is 2.18 bits per heavy atom. The van der Waals surface area contributed by atoms with Gasteiger partial charge in [-0.15, -0.1) is 0 Å². The predicted molar refractivity (Wildman–Crippen MR) is 79.2 cm³/mol. The lowest BCUT2D eigenvalue weighted by Gasteiger charge is -2.03. The van der Waals surface area contributed by atoms with E-state index in [0.29, 0.717) is 11.3 Å². The lowest BCUT2D eigenvalue weighted by atomic mass is 10.1. The highest BCUT2D eigenvalue weighted by Crippen LogP contribution is 2.12. The fourth-order valence-electron chi connectivity index (χ4n) is 1.69. The van der Waals surface area contributed by atoms with Gasteiger partial charge in [0.05, 0.1) is 10.6 Å². The summed E-state index contributed by atoms with van der Waals surface area (Å²) in [5.41, 5.74) is 3.74. The summed E-state index contributed by atoms with van der Waals surface area (Å²) in [4.78, 5) is 21.9. The molecule has 0 heterocycles. The van der Waals surface area contributed by atoms with Crippen LogP contribution >= 0.6 is 0 Å². The van der Waals surface area contributed by atoms with Gasteiger partial charge >= 0.3 is 0 Å². The van der Waals surface area contributed by atoms with Crippen LogP contribution in [0.15, 0.2) is 53.6 Å². The molecule has 0 unspecified atom stereocenters. The Labute approximate surface area is 125 Å². The molecule has 0 aliphatic heterocycles. The summed E-state index contributed by atoms with van der Waals surface area (Å²) in [5, 5.41) is 14.5. The second-order valence-electron chi connectivity index (χ2n) is 4.45. The van der Waals surface area contributed by atoms with Gasteiger partial charge in [-0.25, -0.2) is 9.82 Å². The Morgan fingerprint density at radius 1 is 1.09 bits per heavy atom. The number of hydrogen-bond donors (Lipinski definition) is 1. The number of amides is 1. The third kappa shape index (κ3) is 3.72. The average Bonchev–Trinajstić information content (AvgIpc) is 2.53. The largest absolute Gasteiger partial charge is 0.271 e. The molecule has 22 heavy (non-hydrogen) atoms. The molecule has 0 bridgehead atoms. The van der Waals surface area contributed by atoms with E-state index >= 15 is 0 Å². The normalized spacial score (nSPS) is 11.1. The fraction of sp³-hybridized carbons (Fsp3) is 0.0667. The SMILES string of the molecule is CC(=NNC(=O)c1ccc(F)cc1)c1ccc([N+](=O)[O-])cc1. The quantitative estimate of drug-likeness (QED) is 0.535. The molecule has 7 heteroatoms. The number of nitrogens with zero attached hydrogens (tertiary/aromatic N) is 2. The monoisotopic (exact) mass is 301 g/mol. The van der Waals surface area contributed by atoms with Crippen LogP contribution in [-0.4, -0.2) is 16.5 Å². The number of carbonyl (C=O) groups is 1. The smallest absolute Gasteiger partial charge is 0.267 e. The molecule has 2 aromatic carbocycles. The highest BCUT2D eigenvalue weighted by Gasteiger charge is 2.07. The average molecular weight is 301 g/mol. The molecule has 112 valence electrons. The number of hydrogen-bond acceptors (Lipinski definition) is 4. The number of hydrazone groups is 1. The molecular weight excluding hydrogens is 289 g/mol. The van der Waals surface area contributed by atoms with Crippen LogP contribution in [0.4, 0.5) is 10.1 Å². The predicted octanol–water partition coefficient (Wildman–Crippen LogP) is 2.89. The summed E-state index contributed by atoms with van der Waals surface area (Å²) < 4.78 is 12.8. The zero-order valence-electron chi connectivity index (χ0n) is 11.6. The third-order valence-electron chi connectivity index (χ3n) is 2.93. The van der Waals surface area contributed by atoms with Crippen LogP contribution in [0.3, 0.4) is 0 Å². The van der Waals surface area contributed by atoms with Crippen LogP contribution in [0.5, 0.6) is 0 Å². The topological polar surface area (TPSA) is 84.6 Å². The van der Waals surface area contributed by atoms with E-state index in [1.807, 2.05) is 0 Å². The molecule has 2 rings (SSSR count). The van der Waals surface area contributed by atoms with Crippen LogP contribution in [0, 0.1) is 15.9 Å². The summed E-state index contributed by atoms with van der Waals surface area (Å²) in [6.45, 7) is 1.66. The number of nitrogens with one attached hydrogen (secondary N) is 1. The maximum absolute atomic E-state index is 12.8. The van der Waals surface area contributed by atoms with Crippen molar-refractivity contribution in [1.29, 1.82) is 0 Å². The van der Waals surface area contributed by atoms with Gasteiger partial charge in [0.15, 0.2) is 0 Å². The summed E-state index contributed by atoms with van der Waals surface area (Å²) in [6, 6.07) is 10.9. The van der Waals surface area contributed by atoms with Crippen LogP contribution in [-0.2, 0) is 0 Å². The van der Waals surface area contributed by atoms with E-state index in [4.69, 9.17) is 0 Å². The molecule has 0 spiro atoms. The minimum absolute atomic E-state index is 0.0214. The molecule has 0 saturated carbocycles. The van der Waals surface area contributed by atoms with Gasteiger partial charge in [-0.05, 0) is 48.9 Å².